The van der Waals surface area contributed by atoms with Crippen LogP contribution in [0.25, 0.3) is 28.2 Å². The van der Waals surface area contributed by atoms with Crippen LogP contribution in [-0.4, -0.2) is 158 Å². The summed E-state index contributed by atoms with van der Waals surface area (Å²) in [7, 11) is -3.78. The van der Waals surface area contributed by atoms with Gasteiger partial charge in [0.15, 0.2) is 21.2 Å². The monoisotopic (exact) mass is 966 g/mol. The van der Waals surface area contributed by atoms with Gasteiger partial charge >= 0.3 is 0 Å². The molecule has 2 amide bonds. The molecule has 2 bridgehead atoms. The third kappa shape index (κ3) is 9.16. The number of thioether (sulfide) groups is 1. The maximum atomic E-state index is 14.4. The van der Waals surface area contributed by atoms with E-state index in [0.29, 0.717) is 87.2 Å². The summed E-state index contributed by atoms with van der Waals surface area (Å²) in [6.45, 7) is 15.6. The highest BCUT2D eigenvalue weighted by molar-refractivity contribution is 7.98. The highest BCUT2D eigenvalue weighted by atomic mass is 32.2. The van der Waals surface area contributed by atoms with Crippen LogP contribution in [0.2, 0.25) is 0 Å². The highest BCUT2D eigenvalue weighted by Gasteiger charge is 2.41. The van der Waals surface area contributed by atoms with Crippen molar-refractivity contribution in [2.75, 3.05) is 98.5 Å². The Labute approximate surface area is 401 Å². The number of benzene rings is 3. The third-order valence-electron chi connectivity index (χ3n) is 14.0. The molecule has 6 saturated heterocycles. The molecule has 13 rings (SSSR count). The van der Waals surface area contributed by atoms with Gasteiger partial charge in [0.1, 0.15) is 5.82 Å². The van der Waals surface area contributed by atoms with E-state index in [4.69, 9.17) is 19.3 Å². The highest BCUT2D eigenvalue weighted by Crippen LogP contribution is 2.47. The number of halogens is 1. The first-order chi connectivity index (χ1) is 33.2. The van der Waals surface area contributed by atoms with Crippen molar-refractivity contribution in [2.45, 2.75) is 60.6 Å². The molecule has 360 valence electrons. The van der Waals surface area contributed by atoms with E-state index in [1.54, 1.807) is 9.58 Å². The first-order valence-electron chi connectivity index (χ1n) is 24.0. The third-order valence-corrected chi connectivity index (χ3v) is 16.8. The van der Waals surface area contributed by atoms with Crippen LogP contribution in [0.1, 0.15) is 70.4 Å². The molecule has 1 unspecified atom stereocenters. The van der Waals surface area contributed by atoms with Crippen molar-refractivity contribution in [3.63, 3.8) is 0 Å². The Morgan fingerprint density at radius 2 is 1.34 bits per heavy atom. The topological polar surface area (TPSA) is 145 Å². The molecule has 0 saturated carbocycles. The summed E-state index contributed by atoms with van der Waals surface area (Å²) in [4.78, 5) is 36.7. The van der Waals surface area contributed by atoms with Gasteiger partial charge in [-0.05, 0) is 73.8 Å². The molecule has 2 aromatic heterocycles. The summed E-state index contributed by atoms with van der Waals surface area (Å²) < 4.78 is 60.8. The predicted molar refractivity (Wildman–Crippen MR) is 256 cm³/mol. The molecule has 6 fully saturated rings. The molecule has 5 aromatic rings. The minimum absolute atomic E-state index is 0.0388. The van der Waals surface area contributed by atoms with E-state index in [1.807, 2.05) is 54.8 Å². The summed E-state index contributed by atoms with van der Waals surface area (Å²) in [5.74, 6) is 0.274. The SMILES string of the molecule is CC.O=C(c1nn(-c2ccc(CN3CCOCC3)cc2)c2c1CS(=O)(=O)c1ccc(F)cc1-2)N1CCOCC1.O=C(c1nn(C2CN3CCC2CC3)c2c1CSc1ccccc1-2)N1CCOCC1. The number of ether oxygens (including phenoxy) is 3. The Balaban J connectivity index is 0.000000157. The van der Waals surface area contributed by atoms with Gasteiger partial charge in [-0.1, -0.05) is 44.2 Å². The number of carbonyl (C=O) groups is 2. The molecule has 15 nitrogen and oxygen atoms in total. The molecule has 68 heavy (non-hydrogen) atoms. The van der Waals surface area contributed by atoms with Crippen molar-refractivity contribution in [3.8, 4) is 28.2 Å². The van der Waals surface area contributed by atoms with Crippen molar-refractivity contribution in [3.05, 3.63) is 101 Å². The van der Waals surface area contributed by atoms with Gasteiger partial charge in [-0.2, -0.15) is 10.2 Å². The summed E-state index contributed by atoms with van der Waals surface area (Å²) in [6.07, 6.45) is 2.48. The first-order valence-corrected chi connectivity index (χ1v) is 26.7. The van der Waals surface area contributed by atoms with E-state index >= 15 is 0 Å². The van der Waals surface area contributed by atoms with E-state index in [1.165, 1.54) is 54.2 Å². The molecule has 10 heterocycles. The van der Waals surface area contributed by atoms with Crippen LogP contribution >= 0.6 is 11.8 Å². The molecule has 1 atom stereocenters. The zero-order valence-corrected chi connectivity index (χ0v) is 40.4. The van der Waals surface area contributed by atoms with Crippen molar-refractivity contribution in [2.24, 2.45) is 5.92 Å². The number of morpholine rings is 3. The van der Waals surface area contributed by atoms with Crippen LogP contribution in [0, 0.1) is 11.7 Å². The maximum absolute atomic E-state index is 14.4. The maximum Gasteiger partial charge on any atom is 0.274 e. The van der Waals surface area contributed by atoms with Crippen LogP contribution in [0.3, 0.4) is 0 Å². The number of nitrogens with zero attached hydrogens (tertiary/aromatic N) is 8. The van der Waals surface area contributed by atoms with Gasteiger partial charge in [0, 0.05) is 85.3 Å². The molecular weight excluding hydrogens is 908 g/mol. The Hall–Kier alpha value is -4.95. The second-order valence-corrected chi connectivity index (χ2v) is 20.9. The number of piperidine rings is 3. The second-order valence-electron chi connectivity index (χ2n) is 18.0. The quantitative estimate of drug-likeness (QED) is 0.179. The molecule has 8 aliphatic rings. The molecule has 18 heteroatoms. The lowest BCUT2D eigenvalue weighted by atomic mass is 9.84. The van der Waals surface area contributed by atoms with Gasteiger partial charge in [-0.25, -0.2) is 17.5 Å². The first kappa shape index (κ1) is 46.8. The number of hydrogen-bond acceptors (Lipinski definition) is 12. The fourth-order valence-corrected chi connectivity index (χ4v) is 13.1. The number of aromatic nitrogens is 4. The van der Waals surface area contributed by atoms with Crippen LogP contribution in [0.15, 0.2) is 76.5 Å². The molecule has 0 N–H and O–H groups in total. The average molecular weight is 967 g/mol. The van der Waals surface area contributed by atoms with Gasteiger partial charge in [0.25, 0.3) is 11.8 Å². The Morgan fingerprint density at radius 1 is 0.721 bits per heavy atom. The summed E-state index contributed by atoms with van der Waals surface area (Å²) >= 11 is 1.83. The smallest absolute Gasteiger partial charge is 0.274 e. The lowest BCUT2D eigenvalue weighted by Crippen LogP contribution is -2.48. The normalized spacial score (nSPS) is 22.6. The average Bonchev–Trinajstić information content (AvgIpc) is 3.97. The molecule has 0 spiro atoms. The summed E-state index contributed by atoms with van der Waals surface area (Å²) in [6, 6.07) is 20.4. The minimum Gasteiger partial charge on any atom is -0.379 e. The van der Waals surface area contributed by atoms with Gasteiger partial charge in [0.05, 0.1) is 73.4 Å². The largest absolute Gasteiger partial charge is 0.379 e. The van der Waals surface area contributed by atoms with Crippen molar-refractivity contribution in [1.29, 1.82) is 0 Å². The summed E-state index contributed by atoms with van der Waals surface area (Å²) in [5.41, 5.74) is 7.03. The van der Waals surface area contributed by atoms with E-state index < -0.39 is 15.7 Å². The number of amides is 2. The standard InChI is InChI=1S/C26H27FN4O5S.C22H26N4O2S.C2H6/c27-19-3-6-23-21(15-19)25-22(17-37(23,33)34)24(26(32)30-9-13-36-14-10-30)28-31(25)20-4-1-18(2-5-20)16-29-7-11-35-12-8-29;27-22(25-9-11-28-12-10-25)20-17-14-29-19-4-2-1-3-16(19)21(17)26(23-20)18-13-24-7-5-15(18)6-8-24;1-2/h1-6,15H,7-14,16-17H2;1-4,15,18H,5-14H2;1-2H3. The van der Waals surface area contributed by atoms with Gasteiger partial charge in [0.2, 0.25) is 0 Å². The molecule has 8 aliphatic heterocycles. The molecule has 0 aliphatic carbocycles. The second kappa shape index (κ2) is 20.2. The van der Waals surface area contributed by atoms with Gasteiger partial charge in [-0.15, -0.1) is 11.8 Å². The van der Waals surface area contributed by atoms with Crippen LogP contribution < -0.4 is 0 Å². The Bertz CT molecular complexity index is 2760. The van der Waals surface area contributed by atoms with E-state index in [2.05, 4.69) is 43.8 Å². The van der Waals surface area contributed by atoms with Crippen LogP contribution in [-0.2, 0) is 42.1 Å². The van der Waals surface area contributed by atoms with Crippen LogP contribution in [0.5, 0.6) is 0 Å². The Kier molecular flexibility index (Phi) is 13.9. The van der Waals surface area contributed by atoms with Gasteiger partial charge < -0.3 is 28.9 Å². The predicted octanol–water partition coefficient (Wildman–Crippen LogP) is 6.19. The molecular formula is C50H59FN8O7S2. The van der Waals surface area contributed by atoms with Crippen molar-refractivity contribution >= 4 is 33.4 Å². The fourth-order valence-electron chi connectivity index (χ4n) is 10.5. The zero-order valence-electron chi connectivity index (χ0n) is 38.8. The number of carbonyl (C=O) groups excluding carboxylic acids is 2. The van der Waals surface area contributed by atoms with Crippen molar-refractivity contribution in [1.82, 2.24) is 39.2 Å². The fraction of sp³-hybridized carbons (Fsp3) is 0.480. The van der Waals surface area contributed by atoms with E-state index in [9.17, 15) is 22.4 Å². The van der Waals surface area contributed by atoms with E-state index in [0.717, 1.165) is 62.3 Å². The number of sulfone groups is 1. The van der Waals surface area contributed by atoms with E-state index in [-0.39, 0.29) is 33.7 Å². The number of fused-ring (bicyclic) bond motifs is 9. The minimum atomic E-state index is -3.78. The zero-order chi connectivity index (χ0) is 46.9. The number of rotatable bonds is 6. The lowest BCUT2D eigenvalue weighted by molar-refractivity contribution is 0.0293. The van der Waals surface area contributed by atoms with Crippen molar-refractivity contribution < 1.29 is 36.6 Å². The molecule has 0 radical (unpaired) electrons. The summed E-state index contributed by atoms with van der Waals surface area (Å²) in [5, 5.41) is 9.70. The number of hydrogen-bond donors (Lipinski definition) is 0. The lowest BCUT2D eigenvalue weighted by Gasteiger charge is -2.45. The Morgan fingerprint density at radius 3 is 1.97 bits per heavy atom. The van der Waals surface area contributed by atoms with Gasteiger partial charge in [-0.3, -0.25) is 19.2 Å². The molecule has 3 aromatic carbocycles. The van der Waals surface area contributed by atoms with Crippen LogP contribution in [0.4, 0.5) is 4.39 Å².